The van der Waals surface area contributed by atoms with Crippen LogP contribution in [0.15, 0.2) is 90.6 Å². The van der Waals surface area contributed by atoms with Crippen LogP contribution in [0.2, 0.25) is 0 Å². The van der Waals surface area contributed by atoms with Crippen molar-refractivity contribution < 1.29 is 14.0 Å². The summed E-state index contributed by atoms with van der Waals surface area (Å²) in [5.41, 5.74) is 3.56. The Morgan fingerprint density at radius 2 is 1.82 bits per heavy atom. The molecule has 3 aromatic rings. The number of carbonyl (C=O) groups excluding carboxylic acids is 2. The molecule has 2 aliphatic rings. The van der Waals surface area contributed by atoms with Crippen molar-refractivity contribution in [3.05, 3.63) is 92.0 Å². The van der Waals surface area contributed by atoms with Crippen LogP contribution in [0.5, 0.6) is 0 Å². The van der Waals surface area contributed by atoms with E-state index in [0.29, 0.717) is 40.6 Å². The fraction of sp³-hybridized carbons (Fsp3) is 0.192. The summed E-state index contributed by atoms with van der Waals surface area (Å²) < 4.78 is 8.07. The number of dihydropyridines is 1. The number of allylic oxidation sites excluding steroid dienone is 3. The molecule has 0 fully saturated rings. The number of nitrogens with one attached hydrogen (secondary N) is 2. The van der Waals surface area contributed by atoms with Crippen molar-refractivity contribution in [1.82, 2.24) is 10.3 Å². The summed E-state index contributed by atoms with van der Waals surface area (Å²) in [4.78, 5) is 30.8. The summed E-state index contributed by atoms with van der Waals surface area (Å²) in [5, 5.41) is 6.20. The molecule has 1 atom stereocenters. The van der Waals surface area contributed by atoms with Crippen LogP contribution >= 0.6 is 31.9 Å². The normalized spacial score (nSPS) is 18.0. The first-order valence-electron chi connectivity index (χ1n) is 10.9. The minimum Gasteiger partial charge on any atom is -0.460 e. The largest absolute Gasteiger partial charge is 0.460 e. The van der Waals surface area contributed by atoms with Crippen molar-refractivity contribution in [2.24, 2.45) is 0 Å². The van der Waals surface area contributed by atoms with E-state index in [2.05, 4.69) is 47.5 Å². The first-order chi connectivity index (χ1) is 16.4. The first-order valence-corrected chi connectivity index (χ1v) is 12.5. The topological polar surface area (TPSA) is 84.2 Å². The average molecular weight is 583 g/mol. The van der Waals surface area contributed by atoms with E-state index in [0.717, 1.165) is 33.0 Å². The van der Waals surface area contributed by atoms with Gasteiger partial charge in [0.05, 0.1) is 11.5 Å². The van der Waals surface area contributed by atoms with E-state index in [-0.39, 0.29) is 11.7 Å². The van der Waals surface area contributed by atoms with Gasteiger partial charge in [-0.1, -0.05) is 28.1 Å². The number of benzene rings is 1. The number of hydrogen-bond donors (Lipinski definition) is 2. The molecule has 1 aliphatic carbocycles. The molecule has 1 amide bonds. The van der Waals surface area contributed by atoms with E-state index < -0.39 is 5.92 Å². The maximum Gasteiger partial charge on any atom is 0.255 e. The average Bonchev–Trinajstić information content (AvgIpc) is 3.30. The second-order valence-electron chi connectivity index (χ2n) is 8.29. The number of carbonyl (C=O) groups is 2. The molecule has 1 aromatic carbocycles. The van der Waals surface area contributed by atoms with E-state index in [1.54, 1.807) is 12.3 Å². The molecule has 0 bridgehead atoms. The van der Waals surface area contributed by atoms with Crippen LogP contribution < -0.4 is 10.6 Å². The molecule has 1 aliphatic heterocycles. The minimum atomic E-state index is -0.594. The summed E-state index contributed by atoms with van der Waals surface area (Å²) in [5.74, 6) is 0.797. The van der Waals surface area contributed by atoms with Crippen molar-refractivity contribution in [1.29, 1.82) is 0 Å². The van der Waals surface area contributed by atoms with Gasteiger partial charge < -0.3 is 15.1 Å². The molecule has 0 saturated carbocycles. The van der Waals surface area contributed by atoms with Crippen LogP contribution in [0.3, 0.4) is 0 Å². The maximum atomic E-state index is 13.5. The van der Waals surface area contributed by atoms with Crippen molar-refractivity contribution in [2.45, 2.75) is 32.1 Å². The zero-order chi connectivity index (χ0) is 23.8. The highest BCUT2D eigenvalue weighted by Crippen LogP contribution is 2.43. The number of Topliss-reactive ketones (excluding diaryl/α,β-unsaturated/α-hetero) is 1. The number of amides is 1. The van der Waals surface area contributed by atoms with Gasteiger partial charge in [-0.25, -0.2) is 4.98 Å². The quantitative estimate of drug-likeness (QED) is 0.368. The number of aromatic nitrogens is 1. The van der Waals surface area contributed by atoms with Gasteiger partial charge in [-0.3, -0.25) is 9.59 Å². The molecule has 34 heavy (non-hydrogen) atoms. The van der Waals surface area contributed by atoms with Gasteiger partial charge in [0.2, 0.25) is 0 Å². The lowest BCUT2D eigenvalue weighted by atomic mass is 9.77. The van der Waals surface area contributed by atoms with Crippen molar-refractivity contribution >= 4 is 49.4 Å². The van der Waals surface area contributed by atoms with Gasteiger partial charge in [0.1, 0.15) is 17.3 Å². The zero-order valence-corrected chi connectivity index (χ0v) is 21.5. The van der Waals surface area contributed by atoms with E-state index >= 15 is 0 Å². The van der Waals surface area contributed by atoms with Crippen LogP contribution in [0.1, 0.15) is 37.9 Å². The molecular formula is C26H21Br2N3O3. The van der Waals surface area contributed by atoms with Crippen LogP contribution in [0.4, 0.5) is 5.82 Å². The van der Waals surface area contributed by atoms with E-state index in [1.807, 2.05) is 49.4 Å². The second kappa shape index (κ2) is 9.35. The molecule has 8 heteroatoms. The number of pyridine rings is 1. The smallest absolute Gasteiger partial charge is 0.255 e. The first kappa shape index (κ1) is 22.8. The van der Waals surface area contributed by atoms with Gasteiger partial charge in [-0.05, 0) is 72.1 Å². The van der Waals surface area contributed by atoms with E-state index in [9.17, 15) is 9.59 Å². The highest BCUT2D eigenvalue weighted by molar-refractivity contribution is 9.10. The fourth-order valence-electron chi connectivity index (χ4n) is 4.48. The molecule has 0 saturated heterocycles. The predicted molar refractivity (Wildman–Crippen MR) is 137 cm³/mol. The second-order valence-corrected chi connectivity index (χ2v) is 10.1. The molecule has 2 aromatic heterocycles. The number of nitrogens with zero attached hydrogens (tertiary/aromatic N) is 1. The Kier molecular flexibility index (Phi) is 6.27. The molecule has 0 spiro atoms. The van der Waals surface area contributed by atoms with Crippen molar-refractivity contribution in [3.63, 3.8) is 0 Å². The van der Waals surface area contributed by atoms with Crippen LogP contribution in [-0.4, -0.2) is 16.7 Å². The third kappa shape index (κ3) is 4.40. The van der Waals surface area contributed by atoms with Gasteiger partial charge in [-0.2, -0.15) is 0 Å². The Morgan fingerprint density at radius 3 is 2.56 bits per heavy atom. The van der Waals surface area contributed by atoms with Crippen LogP contribution in [-0.2, 0) is 9.59 Å². The number of furan rings is 1. The zero-order valence-electron chi connectivity index (χ0n) is 18.3. The molecule has 172 valence electrons. The predicted octanol–water partition coefficient (Wildman–Crippen LogP) is 6.47. The summed E-state index contributed by atoms with van der Waals surface area (Å²) in [6, 6.07) is 15.1. The summed E-state index contributed by atoms with van der Waals surface area (Å²) >= 11 is 6.81. The third-order valence-electron chi connectivity index (χ3n) is 6.03. The van der Waals surface area contributed by atoms with Gasteiger partial charge in [-0.15, -0.1) is 0 Å². The van der Waals surface area contributed by atoms with Gasteiger partial charge in [0.25, 0.3) is 5.91 Å². The minimum absolute atomic E-state index is 0.0416. The van der Waals surface area contributed by atoms with E-state index in [4.69, 9.17) is 4.42 Å². The molecular weight excluding hydrogens is 562 g/mol. The molecule has 5 rings (SSSR count). The third-order valence-corrected chi connectivity index (χ3v) is 7.03. The Bertz CT molecular complexity index is 1340. The highest BCUT2D eigenvalue weighted by atomic mass is 79.9. The molecule has 3 heterocycles. The Morgan fingerprint density at radius 1 is 1.06 bits per heavy atom. The van der Waals surface area contributed by atoms with E-state index in [1.165, 1.54) is 0 Å². The molecule has 0 unspecified atom stereocenters. The number of anilines is 1. The molecule has 6 nitrogen and oxygen atoms in total. The standard InChI is InChI=1S/C26H21Br2N3O3/c1-14-23(26(33)31-22-12-9-17(28)13-29-22)25(24-18(30-14)3-2-4-19(24)32)21-11-10-20(34-21)15-5-7-16(27)8-6-15/h5-13,25,30H,2-4H2,1H3,(H,29,31,33)/t25-/m0/s1. The number of halogens is 2. The SMILES string of the molecule is CC1=C(C(=O)Nc2ccc(Br)cn2)[C@H](c2ccc(-c3ccc(Br)cc3)o2)C2=C(CCCC2=O)N1. The monoisotopic (exact) mass is 581 g/mol. The Hall–Kier alpha value is -2.97. The number of ketones is 1. The van der Waals surface area contributed by atoms with Gasteiger partial charge >= 0.3 is 0 Å². The van der Waals surface area contributed by atoms with Gasteiger partial charge in [0, 0.05) is 44.1 Å². The lowest BCUT2D eigenvalue weighted by molar-refractivity contribution is -0.116. The lowest BCUT2D eigenvalue weighted by Gasteiger charge is -2.33. The number of hydrogen-bond acceptors (Lipinski definition) is 5. The fourth-order valence-corrected chi connectivity index (χ4v) is 4.98. The maximum absolute atomic E-state index is 13.5. The summed E-state index contributed by atoms with van der Waals surface area (Å²) in [6.07, 6.45) is 3.63. The Labute approximate surface area is 213 Å². The number of rotatable bonds is 4. The van der Waals surface area contributed by atoms with Crippen molar-refractivity contribution in [3.8, 4) is 11.3 Å². The summed E-state index contributed by atoms with van der Waals surface area (Å²) in [7, 11) is 0. The molecule has 0 radical (unpaired) electrons. The Balaban J connectivity index is 1.56. The molecule has 2 N–H and O–H groups in total. The van der Waals surface area contributed by atoms with Gasteiger partial charge in [0.15, 0.2) is 5.78 Å². The summed E-state index contributed by atoms with van der Waals surface area (Å²) in [6.45, 7) is 1.86. The lowest BCUT2D eigenvalue weighted by Crippen LogP contribution is -2.35. The highest BCUT2D eigenvalue weighted by Gasteiger charge is 2.40. The van der Waals surface area contributed by atoms with Crippen LogP contribution in [0, 0.1) is 0 Å². The van der Waals surface area contributed by atoms with Crippen LogP contribution in [0.25, 0.3) is 11.3 Å². The van der Waals surface area contributed by atoms with Crippen molar-refractivity contribution in [2.75, 3.05) is 5.32 Å².